The Hall–Kier alpha value is -0.710. The molecule has 0 radical (unpaired) electrons. The second-order valence-corrected chi connectivity index (χ2v) is 5.66. The van der Waals surface area contributed by atoms with Crippen molar-refractivity contribution in [1.29, 1.82) is 0 Å². The summed E-state index contributed by atoms with van der Waals surface area (Å²) >= 11 is 3.46. The Bertz CT molecular complexity index is 413. The molecule has 98 valence electrons. The van der Waals surface area contributed by atoms with Crippen LogP contribution >= 0.6 is 15.9 Å². The summed E-state index contributed by atoms with van der Waals surface area (Å²) in [6.45, 7) is 10.4. The fraction of sp³-hybridized carbons (Fsp3) is 0.500. The van der Waals surface area contributed by atoms with Crippen molar-refractivity contribution < 1.29 is 0 Å². The average molecular weight is 310 g/mol. The Morgan fingerprint density at radius 1 is 1.50 bits per heavy atom. The van der Waals surface area contributed by atoms with E-state index in [0.717, 1.165) is 42.9 Å². The lowest BCUT2D eigenvalue weighted by molar-refractivity contribution is 0.169. The maximum atomic E-state index is 4.62. The Morgan fingerprint density at radius 2 is 2.22 bits per heavy atom. The molecule has 4 heteroatoms. The molecule has 0 saturated carbocycles. The summed E-state index contributed by atoms with van der Waals surface area (Å²) in [4.78, 5) is 7.12. The van der Waals surface area contributed by atoms with Gasteiger partial charge in [0, 0.05) is 26.2 Å². The quantitative estimate of drug-likeness (QED) is 0.685. The smallest absolute Gasteiger partial charge is 0.106 e. The van der Waals surface area contributed by atoms with Gasteiger partial charge < -0.3 is 5.32 Å². The van der Waals surface area contributed by atoms with Gasteiger partial charge in [-0.3, -0.25) is 4.90 Å². The zero-order valence-electron chi connectivity index (χ0n) is 10.8. The lowest BCUT2D eigenvalue weighted by atomic mass is 10.0. The Labute approximate surface area is 117 Å². The summed E-state index contributed by atoms with van der Waals surface area (Å²) in [7, 11) is 0. The van der Waals surface area contributed by atoms with Gasteiger partial charge in [-0.1, -0.05) is 11.6 Å². The van der Waals surface area contributed by atoms with E-state index < -0.39 is 0 Å². The predicted octanol–water partition coefficient (Wildman–Crippen LogP) is 2.76. The largest absolute Gasteiger partial charge is 0.314 e. The van der Waals surface area contributed by atoms with Crippen molar-refractivity contribution in [2.75, 3.05) is 26.2 Å². The zero-order chi connectivity index (χ0) is 13.0. The van der Waals surface area contributed by atoms with E-state index in [0.29, 0.717) is 6.04 Å². The van der Waals surface area contributed by atoms with Gasteiger partial charge in [0.2, 0.25) is 0 Å². The van der Waals surface area contributed by atoms with Crippen LogP contribution in [0.4, 0.5) is 0 Å². The van der Waals surface area contributed by atoms with Crippen LogP contribution in [0.2, 0.25) is 0 Å². The maximum Gasteiger partial charge on any atom is 0.106 e. The summed E-state index contributed by atoms with van der Waals surface area (Å²) in [5.74, 6) is 0. The number of hydrogen-bond acceptors (Lipinski definition) is 3. The number of rotatable bonds is 4. The maximum absolute atomic E-state index is 4.62. The van der Waals surface area contributed by atoms with Crippen molar-refractivity contribution in [3.8, 4) is 0 Å². The van der Waals surface area contributed by atoms with Gasteiger partial charge in [0.15, 0.2) is 0 Å². The Kier molecular flexibility index (Phi) is 4.92. The molecule has 1 N–H and O–H groups in total. The number of nitrogens with one attached hydrogen (secondary N) is 1. The van der Waals surface area contributed by atoms with Crippen LogP contribution < -0.4 is 5.32 Å². The van der Waals surface area contributed by atoms with E-state index in [4.69, 9.17) is 0 Å². The molecule has 1 aliphatic heterocycles. The molecule has 1 saturated heterocycles. The van der Waals surface area contributed by atoms with E-state index >= 15 is 0 Å². The van der Waals surface area contributed by atoms with Crippen molar-refractivity contribution >= 4 is 15.9 Å². The molecule has 3 nitrogen and oxygen atoms in total. The SMILES string of the molecule is C=C(C)C[C@@H](c1cccc(Br)n1)N1CCNCC1. The van der Waals surface area contributed by atoms with Gasteiger partial charge in [0.1, 0.15) is 4.60 Å². The standard InChI is InChI=1S/C14H20BrN3/c1-11(2)10-13(18-8-6-16-7-9-18)12-4-3-5-14(15)17-12/h3-5,13,16H,1,6-10H2,2H3/t13-/m0/s1. The van der Waals surface area contributed by atoms with Crippen LogP contribution in [-0.2, 0) is 0 Å². The minimum Gasteiger partial charge on any atom is -0.314 e. The third-order valence-electron chi connectivity index (χ3n) is 3.21. The first-order chi connectivity index (χ1) is 8.66. The molecule has 0 aromatic carbocycles. The van der Waals surface area contributed by atoms with Crippen LogP contribution in [0.25, 0.3) is 0 Å². The highest BCUT2D eigenvalue weighted by Crippen LogP contribution is 2.26. The molecule has 0 aliphatic carbocycles. The van der Waals surface area contributed by atoms with E-state index in [1.165, 1.54) is 5.57 Å². The first-order valence-electron chi connectivity index (χ1n) is 6.38. The Morgan fingerprint density at radius 3 is 2.83 bits per heavy atom. The number of nitrogens with zero attached hydrogens (tertiary/aromatic N) is 2. The fourth-order valence-corrected chi connectivity index (χ4v) is 2.71. The van der Waals surface area contributed by atoms with Gasteiger partial charge in [-0.25, -0.2) is 4.98 Å². The summed E-state index contributed by atoms with van der Waals surface area (Å²) < 4.78 is 0.904. The number of aromatic nitrogens is 1. The van der Waals surface area contributed by atoms with Crippen molar-refractivity contribution in [2.24, 2.45) is 0 Å². The van der Waals surface area contributed by atoms with Gasteiger partial charge in [-0.05, 0) is 41.4 Å². The van der Waals surface area contributed by atoms with E-state index in [1.807, 2.05) is 6.07 Å². The monoisotopic (exact) mass is 309 g/mol. The van der Waals surface area contributed by atoms with Gasteiger partial charge >= 0.3 is 0 Å². The summed E-state index contributed by atoms with van der Waals surface area (Å²) in [6, 6.07) is 6.49. The van der Waals surface area contributed by atoms with E-state index in [1.54, 1.807) is 0 Å². The van der Waals surface area contributed by atoms with E-state index in [9.17, 15) is 0 Å². The van der Waals surface area contributed by atoms with Crippen molar-refractivity contribution in [3.63, 3.8) is 0 Å². The fourth-order valence-electron chi connectivity index (χ4n) is 2.35. The van der Waals surface area contributed by atoms with Crippen LogP contribution in [0.3, 0.4) is 0 Å². The third-order valence-corrected chi connectivity index (χ3v) is 3.65. The molecular weight excluding hydrogens is 290 g/mol. The van der Waals surface area contributed by atoms with Gasteiger partial charge in [-0.2, -0.15) is 0 Å². The van der Waals surface area contributed by atoms with Crippen molar-refractivity contribution in [3.05, 3.63) is 40.6 Å². The highest BCUT2D eigenvalue weighted by molar-refractivity contribution is 9.10. The molecule has 0 spiro atoms. The second kappa shape index (κ2) is 6.45. The van der Waals surface area contributed by atoms with Crippen LogP contribution in [-0.4, -0.2) is 36.1 Å². The molecule has 1 aromatic heterocycles. The first-order valence-corrected chi connectivity index (χ1v) is 7.18. The molecule has 18 heavy (non-hydrogen) atoms. The van der Waals surface area contributed by atoms with Crippen molar-refractivity contribution in [1.82, 2.24) is 15.2 Å². The van der Waals surface area contributed by atoms with Crippen LogP contribution in [0.15, 0.2) is 35.0 Å². The number of halogens is 1. The molecular formula is C14H20BrN3. The molecule has 2 heterocycles. The lowest BCUT2D eigenvalue weighted by Gasteiger charge is -2.34. The normalized spacial score (nSPS) is 18.6. The van der Waals surface area contributed by atoms with Gasteiger partial charge in [-0.15, -0.1) is 6.58 Å². The molecule has 1 aliphatic rings. The molecule has 0 amide bonds. The highest BCUT2D eigenvalue weighted by atomic mass is 79.9. The summed E-state index contributed by atoms with van der Waals surface area (Å²) in [6.07, 6.45) is 0.976. The second-order valence-electron chi connectivity index (χ2n) is 4.85. The predicted molar refractivity (Wildman–Crippen MR) is 78.6 cm³/mol. The zero-order valence-corrected chi connectivity index (χ0v) is 12.4. The van der Waals surface area contributed by atoms with Gasteiger partial charge in [0.05, 0.1) is 11.7 Å². The molecule has 0 bridgehead atoms. The minimum absolute atomic E-state index is 0.349. The topological polar surface area (TPSA) is 28.2 Å². The van der Waals surface area contributed by atoms with Crippen molar-refractivity contribution in [2.45, 2.75) is 19.4 Å². The number of pyridine rings is 1. The van der Waals surface area contributed by atoms with Crippen LogP contribution in [0, 0.1) is 0 Å². The minimum atomic E-state index is 0.349. The first kappa shape index (κ1) is 13.7. The molecule has 2 rings (SSSR count). The van der Waals surface area contributed by atoms with Crippen LogP contribution in [0.1, 0.15) is 25.1 Å². The molecule has 1 atom stereocenters. The average Bonchev–Trinajstić information content (AvgIpc) is 2.37. The highest BCUT2D eigenvalue weighted by Gasteiger charge is 2.23. The van der Waals surface area contributed by atoms with Crippen LogP contribution in [0.5, 0.6) is 0 Å². The van der Waals surface area contributed by atoms with Gasteiger partial charge in [0.25, 0.3) is 0 Å². The van der Waals surface area contributed by atoms with E-state index in [-0.39, 0.29) is 0 Å². The number of piperazine rings is 1. The molecule has 1 fully saturated rings. The lowest BCUT2D eigenvalue weighted by Crippen LogP contribution is -2.45. The molecule has 1 aromatic rings. The summed E-state index contributed by atoms with van der Waals surface area (Å²) in [5.41, 5.74) is 2.34. The summed E-state index contributed by atoms with van der Waals surface area (Å²) in [5, 5.41) is 3.39. The molecule has 0 unspecified atom stereocenters. The Balaban J connectivity index is 2.20. The third kappa shape index (κ3) is 3.64. The number of hydrogen-bond donors (Lipinski definition) is 1. The van der Waals surface area contributed by atoms with E-state index in [2.05, 4.69) is 56.8 Å².